The average molecular weight is 420 g/mol. The molecule has 5 rings (SSSR count). The van der Waals surface area contributed by atoms with Crippen LogP contribution in [0.25, 0.3) is 0 Å². The van der Waals surface area contributed by atoms with Crippen LogP contribution in [0.15, 0.2) is 36.4 Å². The molecular formula is C28H37NO2. The van der Waals surface area contributed by atoms with Crippen molar-refractivity contribution in [1.82, 2.24) is 5.32 Å². The maximum Gasteiger partial charge on any atom is 0.231 e. The Bertz CT molecular complexity index is 967. The largest absolute Gasteiger partial charge is 0.454 e. The molecule has 1 saturated carbocycles. The predicted molar refractivity (Wildman–Crippen MR) is 126 cm³/mol. The third kappa shape index (κ3) is 3.65. The van der Waals surface area contributed by atoms with Gasteiger partial charge in [0.1, 0.15) is 0 Å². The van der Waals surface area contributed by atoms with E-state index in [0.29, 0.717) is 23.5 Å². The van der Waals surface area contributed by atoms with Crippen molar-refractivity contribution in [2.75, 3.05) is 13.3 Å². The smallest absolute Gasteiger partial charge is 0.231 e. The third-order valence-electron chi connectivity index (χ3n) is 8.46. The standard InChI is InChI=1S/C28H37NO2/c1-19(2)21-7-9-23-22(15-21)8-11-26-27(3,12-5-13-28(23,26)4)17-29-16-20-6-10-24-25(14-20)31-18-30-24/h6-7,9-10,14-15,19,26,29H,5,8,11-13,16-18H2,1-4H3/t26-,27-,28+/m1/s1. The highest BCUT2D eigenvalue weighted by Gasteiger charge is 2.51. The van der Waals surface area contributed by atoms with Crippen molar-refractivity contribution in [1.29, 1.82) is 0 Å². The number of rotatable bonds is 5. The van der Waals surface area contributed by atoms with Gasteiger partial charge in [0.05, 0.1) is 0 Å². The zero-order chi connectivity index (χ0) is 21.6. The summed E-state index contributed by atoms with van der Waals surface area (Å²) in [6.45, 7) is 12.0. The Hall–Kier alpha value is -2.00. The molecule has 3 atom stereocenters. The van der Waals surface area contributed by atoms with Gasteiger partial charge in [-0.25, -0.2) is 0 Å². The number of ether oxygens (including phenoxy) is 2. The molecule has 3 aliphatic rings. The molecule has 3 heteroatoms. The van der Waals surface area contributed by atoms with Crippen LogP contribution < -0.4 is 14.8 Å². The first-order valence-electron chi connectivity index (χ1n) is 12.1. The van der Waals surface area contributed by atoms with Crippen molar-refractivity contribution in [3.63, 3.8) is 0 Å². The summed E-state index contributed by atoms with van der Waals surface area (Å²) in [6, 6.07) is 13.7. The number of nitrogens with one attached hydrogen (secondary N) is 1. The Morgan fingerprint density at radius 1 is 1.03 bits per heavy atom. The van der Waals surface area contributed by atoms with E-state index in [2.05, 4.69) is 63.3 Å². The first-order valence-corrected chi connectivity index (χ1v) is 12.1. The Kier molecular flexibility index (Phi) is 5.29. The molecular weight excluding hydrogens is 382 g/mol. The molecule has 0 radical (unpaired) electrons. The highest BCUT2D eigenvalue weighted by atomic mass is 16.7. The van der Waals surface area contributed by atoms with Gasteiger partial charge in [-0.1, -0.05) is 58.4 Å². The second kappa shape index (κ2) is 7.85. The second-order valence-corrected chi connectivity index (χ2v) is 10.9. The zero-order valence-electron chi connectivity index (χ0n) is 19.6. The fraction of sp³-hybridized carbons (Fsp3) is 0.571. The fourth-order valence-corrected chi connectivity index (χ4v) is 6.76. The maximum atomic E-state index is 5.55. The maximum absolute atomic E-state index is 5.55. The van der Waals surface area contributed by atoms with E-state index in [1.54, 1.807) is 11.1 Å². The van der Waals surface area contributed by atoms with Crippen LogP contribution in [0.5, 0.6) is 11.5 Å². The lowest BCUT2D eigenvalue weighted by atomic mass is 9.49. The minimum Gasteiger partial charge on any atom is -0.454 e. The Labute approximate surface area is 187 Å². The Morgan fingerprint density at radius 3 is 2.71 bits per heavy atom. The Balaban J connectivity index is 1.32. The van der Waals surface area contributed by atoms with E-state index in [0.717, 1.165) is 30.5 Å². The number of hydrogen-bond donors (Lipinski definition) is 1. The lowest BCUT2D eigenvalue weighted by Gasteiger charge is -2.55. The van der Waals surface area contributed by atoms with Crippen LogP contribution in [0.4, 0.5) is 0 Å². The fourth-order valence-electron chi connectivity index (χ4n) is 6.76. The van der Waals surface area contributed by atoms with Gasteiger partial charge in [-0.2, -0.15) is 0 Å². The lowest BCUT2D eigenvalue weighted by molar-refractivity contribution is 0.0257. The molecule has 0 bridgehead atoms. The molecule has 3 nitrogen and oxygen atoms in total. The molecule has 0 saturated heterocycles. The SMILES string of the molecule is CC(C)c1ccc2c(c1)CC[C@@H]1[C@@](C)(CNCc3ccc4c(c3)OCO4)CCC[C@@]21C. The monoisotopic (exact) mass is 419 g/mol. The molecule has 1 N–H and O–H groups in total. The molecule has 2 aromatic rings. The molecule has 0 aromatic heterocycles. The van der Waals surface area contributed by atoms with Crippen LogP contribution in [0, 0.1) is 11.3 Å². The number of hydrogen-bond acceptors (Lipinski definition) is 3. The molecule has 0 amide bonds. The van der Waals surface area contributed by atoms with Gasteiger partial charge in [-0.05, 0) is 82.7 Å². The third-order valence-corrected chi connectivity index (χ3v) is 8.46. The zero-order valence-corrected chi connectivity index (χ0v) is 19.6. The van der Waals surface area contributed by atoms with E-state index in [9.17, 15) is 0 Å². The van der Waals surface area contributed by atoms with Crippen molar-refractivity contribution in [3.05, 3.63) is 58.7 Å². The summed E-state index contributed by atoms with van der Waals surface area (Å²) in [7, 11) is 0. The van der Waals surface area contributed by atoms with Crippen LogP contribution in [-0.2, 0) is 18.4 Å². The lowest BCUT2D eigenvalue weighted by Crippen LogP contribution is -2.52. The van der Waals surface area contributed by atoms with Crippen LogP contribution in [0.2, 0.25) is 0 Å². The summed E-state index contributed by atoms with van der Waals surface area (Å²) >= 11 is 0. The summed E-state index contributed by atoms with van der Waals surface area (Å²) < 4.78 is 11.0. The van der Waals surface area contributed by atoms with Crippen LogP contribution in [-0.4, -0.2) is 13.3 Å². The highest BCUT2D eigenvalue weighted by molar-refractivity contribution is 5.44. The van der Waals surface area contributed by atoms with Crippen molar-refractivity contribution in [2.45, 2.75) is 77.7 Å². The van der Waals surface area contributed by atoms with Gasteiger partial charge in [-0.3, -0.25) is 0 Å². The first kappa shape index (κ1) is 20.9. The summed E-state index contributed by atoms with van der Waals surface area (Å²) in [5, 5.41) is 3.80. The average Bonchev–Trinajstić information content (AvgIpc) is 3.21. The van der Waals surface area contributed by atoms with E-state index in [1.165, 1.54) is 43.2 Å². The minimum absolute atomic E-state index is 0.302. The highest BCUT2D eigenvalue weighted by Crippen LogP contribution is 2.57. The number of aryl methyl sites for hydroxylation is 1. The van der Waals surface area contributed by atoms with E-state index < -0.39 is 0 Å². The molecule has 0 unspecified atom stereocenters. The van der Waals surface area contributed by atoms with Crippen molar-refractivity contribution in [3.8, 4) is 11.5 Å². The van der Waals surface area contributed by atoms with Crippen molar-refractivity contribution >= 4 is 0 Å². The Morgan fingerprint density at radius 2 is 1.87 bits per heavy atom. The number of benzene rings is 2. The van der Waals surface area contributed by atoms with Crippen molar-refractivity contribution in [2.24, 2.45) is 11.3 Å². The molecule has 166 valence electrons. The van der Waals surface area contributed by atoms with E-state index in [-0.39, 0.29) is 0 Å². The molecule has 0 spiro atoms. The molecule has 1 fully saturated rings. The van der Waals surface area contributed by atoms with E-state index in [1.807, 2.05) is 6.07 Å². The van der Waals surface area contributed by atoms with Crippen LogP contribution in [0.3, 0.4) is 0 Å². The molecule has 1 aliphatic heterocycles. The first-order chi connectivity index (χ1) is 14.9. The van der Waals surface area contributed by atoms with Gasteiger partial charge >= 0.3 is 0 Å². The van der Waals surface area contributed by atoms with Crippen LogP contribution in [0.1, 0.15) is 81.5 Å². The quantitative estimate of drug-likeness (QED) is 0.613. The molecule has 2 aliphatic carbocycles. The van der Waals surface area contributed by atoms with Gasteiger partial charge in [0, 0.05) is 13.1 Å². The van der Waals surface area contributed by atoms with Gasteiger partial charge in [0.25, 0.3) is 0 Å². The van der Waals surface area contributed by atoms with Gasteiger partial charge < -0.3 is 14.8 Å². The number of fused-ring (bicyclic) bond motifs is 4. The predicted octanol–water partition coefficient (Wildman–Crippen LogP) is 6.34. The molecule has 2 aromatic carbocycles. The van der Waals surface area contributed by atoms with Gasteiger partial charge in [0.2, 0.25) is 6.79 Å². The second-order valence-electron chi connectivity index (χ2n) is 10.9. The summed E-state index contributed by atoms with van der Waals surface area (Å²) in [4.78, 5) is 0. The van der Waals surface area contributed by atoms with Gasteiger partial charge in [0.15, 0.2) is 11.5 Å². The molecule has 31 heavy (non-hydrogen) atoms. The minimum atomic E-state index is 0.302. The van der Waals surface area contributed by atoms with E-state index >= 15 is 0 Å². The summed E-state index contributed by atoms with van der Waals surface area (Å²) in [5.74, 6) is 3.07. The van der Waals surface area contributed by atoms with E-state index in [4.69, 9.17) is 9.47 Å². The van der Waals surface area contributed by atoms with Gasteiger partial charge in [-0.15, -0.1) is 0 Å². The van der Waals surface area contributed by atoms with Crippen molar-refractivity contribution < 1.29 is 9.47 Å². The summed E-state index contributed by atoms with van der Waals surface area (Å²) in [6.07, 6.45) is 6.51. The topological polar surface area (TPSA) is 30.5 Å². The molecule has 1 heterocycles. The normalized spacial score (nSPS) is 29.0. The summed E-state index contributed by atoms with van der Waals surface area (Å²) in [5.41, 5.74) is 6.64. The van der Waals surface area contributed by atoms with Crippen LogP contribution >= 0.6 is 0 Å².